The Labute approximate surface area is 98.6 Å². The second kappa shape index (κ2) is 4.66. The molecule has 1 N–H and O–H groups in total. The summed E-state index contributed by atoms with van der Waals surface area (Å²) in [5.41, 5.74) is 0.776. The highest BCUT2D eigenvalue weighted by molar-refractivity contribution is 6.32. The predicted molar refractivity (Wildman–Crippen MR) is 60.2 cm³/mol. The van der Waals surface area contributed by atoms with Crippen LogP contribution in [0, 0.1) is 0 Å². The Kier molecular flexibility index (Phi) is 3.46. The highest BCUT2D eigenvalue weighted by Crippen LogP contribution is 2.20. The van der Waals surface area contributed by atoms with Crippen LogP contribution < -0.4 is 0 Å². The van der Waals surface area contributed by atoms with Crippen molar-refractivity contribution in [2.24, 2.45) is 0 Å². The molecule has 15 heavy (non-hydrogen) atoms. The van der Waals surface area contributed by atoms with Crippen molar-refractivity contribution in [2.75, 3.05) is 13.1 Å². The molecule has 1 aliphatic rings. The van der Waals surface area contributed by atoms with Crippen molar-refractivity contribution in [3.8, 4) is 0 Å². The molecule has 0 aliphatic carbocycles. The topological polar surface area (TPSA) is 36.4 Å². The molecule has 2 heterocycles. The molecule has 0 saturated carbocycles. The van der Waals surface area contributed by atoms with Gasteiger partial charge in [0, 0.05) is 19.6 Å². The largest absolute Gasteiger partial charge is 0.392 e. The minimum absolute atomic E-state index is 0.219. The van der Waals surface area contributed by atoms with Crippen molar-refractivity contribution in [2.45, 2.75) is 19.1 Å². The van der Waals surface area contributed by atoms with Gasteiger partial charge in [-0.3, -0.25) is 4.90 Å². The first kappa shape index (κ1) is 11.1. The Balaban J connectivity index is 2.07. The van der Waals surface area contributed by atoms with E-state index in [0.717, 1.165) is 18.7 Å². The van der Waals surface area contributed by atoms with Crippen molar-refractivity contribution in [1.29, 1.82) is 0 Å². The molecule has 82 valence electrons. The van der Waals surface area contributed by atoms with E-state index in [0.29, 0.717) is 23.3 Å². The highest BCUT2D eigenvalue weighted by Gasteiger charge is 2.21. The van der Waals surface area contributed by atoms with Gasteiger partial charge in [0.2, 0.25) is 0 Å². The fraction of sp³-hybridized carbons (Fsp3) is 0.500. The van der Waals surface area contributed by atoms with Crippen LogP contribution in [0.15, 0.2) is 12.1 Å². The summed E-state index contributed by atoms with van der Waals surface area (Å²) in [6.07, 6.45) is 0.598. The van der Waals surface area contributed by atoms with Crippen molar-refractivity contribution in [3.63, 3.8) is 0 Å². The van der Waals surface area contributed by atoms with Crippen molar-refractivity contribution in [3.05, 3.63) is 28.0 Å². The zero-order valence-electron chi connectivity index (χ0n) is 8.16. The minimum Gasteiger partial charge on any atom is -0.392 e. The highest BCUT2D eigenvalue weighted by atomic mass is 35.5. The van der Waals surface area contributed by atoms with Crippen LogP contribution in [0.5, 0.6) is 0 Å². The van der Waals surface area contributed by atoms with E-state index >= 15 is 0 Å². The molecule has 1 saturated heterocycles. The van der Waals surface area contributed by atoms with Gasteiger partial charge in [-0.05, 0) is 18.6 Å². The summed E-state index contributed by atoms with van der Waals surface area (Å²) in [5.74, 6) is 0. The smallest absolute Gasteiger partial charge is 0.129 e. The maximum Gasteiger partial charge on any atom is 0.129 e. The number of β-amino-alcohol motifs (C(OH)–C–C–N with tert-alkyl or cyclic N) is 1. The molecule has 3 nitrogen and oxygen atoms in total. The fourth-order valence-electron chi connectivity index (χ4n) is 1.74. The summed E-state index contributed by atoms with van der Waals surface area (Å²) in [6, 6.07) is 3.42. The third kappa shape index (κ3) is 2.82. The molecule has 0 aromatic carbocycles. The Morgan fingerprint density at radius 1 is 1.47 bits per heavy atom. The molecule has 1 aromatic rings. The van der Waals surface area contributed by atoms with Gasteiger partial charge >= 0.3 is 0 Å². The zero-order valence-corrected chi connectivity index (χ0v) is 9.67. The number of aliphatic hydroxyl groups is 1. The number of hydrogen-bond donors (Lipinski definition) is 1. The van der Waals surface area contributed by atoms with E-state index in [2.05, 4.69) is 9.88 Å². The first-order valence-electron chi connectivity index (χ1n) is 4.86. The van der Waals surface area contributed by atoms with Crippen LogP contribution in [0.2, 0.25) is 10.2 Å². The van der Waals surface area contributed by atoms with Gasteiger partial charge in [0.1, 0.15) is 5.15 Å². The Morgan fingerprint density at radius 2 is 2.27 bits per heavy atom. The summed E-state index contributed by atoms with van der Waals surface area (Å²) in [7, 11) is 0. The lowest BCUT2D eigenvalue weighted by Crippen LogP contribution is -2.22. The summed E-state index contributed by atoms with van der Waals surface area (Å²) in [4.78, 5) is 6.29. The summed E-state index contributed by atoms with van der Waals surface area (Å²) in [6.45, 7) is 2.21. The van der Waals surface area contributed by atoms with E-state index in [1.165, 1.54) is 0 Å². The van der Waals surface area contributed by atoms with Gasteiger partial charge in [-0.15, -0.1) is 0 Å². The van der Waals surface area contributed by atoms with Crippen LogP contribution in [0.25, 0.3) is 0 Å². The second-order valence-corrected chi connectivity index (χ2v) is 4.53. The minimum atomic E-state index is -0.219. The number of halogens is 2. The maximum absolute atomic E-state index is 9.38. The van der Waals surface area contributed by atoms with Crippen LogP contribution in [0.1, 0.15) is 12.1 Å². The molecule has 0 unspecified atom stereocenters. The molecule has 0 radical (unpaired) electrons. The predicted octanol–water partition coefficient (Wildman–Crippen LogP) is 1.96. The molecular formula is C10H12Cl2N2O. The first-order valence-corrected chi connectivity index (χ1v) is 5.62. The molecule has 1 aromatic heterocycles. The molecule has 0 bridgehead atoms. The zero-order chi connectivity index (χ0) is 10.8. The third-order valence-corrected chi connectivity index (χ3v) is 3.06. The van der Waals surface area contributed by atoms with Crippen molar-refractivity contribution < 1.29 is 5.11 Å². The monoisotopic (exact) mass is 246 g/mol. The SMILES string of the molecule is O[C@@H]1CCN(Cc2nc(Cl)ccc2Cl)C1. The summed E-state index contributed by atoms with van der Waals surface area (Å²) < 4.78 is 0. The van der Waals surface area contributed by atoms with Crippen LogP contribution in [-0.2, 0) is 6.54 Å². The quantitative estimate of drug-likeness (QED) is 0.811. The number of hydrogen-bond acceptors (Lipinski definition) is 3. The van der Waals surface area contributed by atoms with Crippen LogP contribution in [0.4, 0.5) is 0 Å². The Hall–Kier alpha value is -0.350. The number of pyridine rings is 1. The molecule has 1 aliphatic heterocycles. The molecule has 1 fully saturated rings. The van der Waals surface area contributed by atoms with Gasteiger partial charge in [0.05, 0.1) is 16.8 Å². The average molecular weight is 247 g/mol. The van der Waals surface area contributed by atoms with E-state index < -0.39 is 0 Å². The van der Waals surface area contributed by atoms with Crippen molar-refractivity contribution in [1.82, 2.24) is 9.88 Å². The van der Waals surface area contributed by atoms with Gasteiger partial charge in [-0.25, -0.2) is 4.98 Å². The lowest BCUT2D eigenvalue weighted by Gasteiger charge is -2.14. The van der Waals surface area contributed by atoms with Gasteiger partial charge in [0.25, 0.3) is 0 Å². The summed E-state index contributed by atoms with van der Waals surface area (Å²) in [5, 5.41) is 10.5. The fourth-order valence-corrected chi connectivity index (χ4v) is 2.07. The molecule has 0 amide bonds. The average Bonchev–Trinajstić information content (AvgIpc) is 2.58. The van der Waals surface area contributed by atoms with E-state index in [1.807, 2.05) is 0 Å². The number of likely N-dealkylation sites (tertiary alicyclic amines) is 1. The van der Waals surface area contributed by atoms with Gasteiger partial charge in [-0.1, -0.05) is 23.2 Å². The standard InChI is InChI=1S/C10H12Cl2N2O/c11-8-1-2-10(12)13-9(8)6-14-4-3-7(15)5-14/h1-2,7,15H,3-6H2/t7-/m1/s1. The van der Waals surface area contributed by atoms with Crippen LogP contribution >= 0.6 is 23.2 Å². The Bertz CT molecular complexity index is 359. The lowest BCUT2D eigenvalue weighted by atomic mass is 10.3. The summed E-state index contributed by atoms with van der Waals surface area (Å²) >= 11 is 11.8. The lowest BCUT2D eigenvalue weighted by molar-refractivity contribution is 0.174. The third-order valence-electron chi connectivity index (χ3n) is 2.51. The van der Waals surface area contributed by atoms with E-state index in [4.69, 9.17) is 23.2 Å². The molecule has 0 spiro atoms. The second-order valence-electron chi connectivity index (χ2n) is 3.74. The number of aliphatic hydroxyl groups excluding tert-OH is 1. The molecule has 5 heteroatoms. The van der Waals surface area contributed by atoms with E-state index in [1.54, 1.807) is 12.1 Å². The Morgan fingerprint density at radius 3 is 2.93 bits per heavy atom. The number of nitrogens with zero attached hydrogens (tertiary/aromatic N) is 2. The van der Waals surface area contributed by atoms with Crippen LogP contribution in [0.3, 0.4) is 0 Å². The number of rotatable bonds is 2. The van der Waals surface area contributed by atoms with Gasteiger partial charge < -0.3 is 5.11 Å². The molecular weight excluding hydrogens is 235 g/mol. The van der Waals surface area contributed by atoms with Gasteiger partial charge in [-0.2, -0.15) is 0 Å². The number of aromatic nitrogens is 1. The maximum atomic E-state index is 9.38. The molecule has 1 atom stereocenters. The van der Waals surface area contributed by atoms with Gasteiger partial charge in [0.15, 0.2) is 0 Å². The normalized spacial score (nSPS) is 22.2. The van der Waals surface area contributed by atoms with E-state index in [-0.39, 0.29) is 6.10 Å². The molecule has 2 rings (SSSR count). The first-order chi connectivity index (χ1) is 7.15. The van der Waals surface area contributed by atoms with Crippen molar-refractivity contribution >= 4 is 23.2 Å². The van der Waals surface area contributed by atoms with E-state index in [9.17, 15) is 5.11 Å². The van der Waals surface area contributed by atoms with Crippen LogP contribution in [-0.4, -0.2) is 34.2 Å².